The van der Waals surface area contributed by atoms with E-state index in [0.717, 1.165) is 23.6 Å². The van der Waals surface area contributed by atoms with Crippen LogP contribution in [-0.2, 0) is 0 Å². The van der Waals surface area contributed by atoms with Crippen LogP contribution in [0.1, 0.15) is 17.5 Å². The summed E-state index contributed by atoms with van der Waals surface area (Å²) < 4.78 is 0. The molecule has 0 aliphatic carbocycles. The molecule has 1 aliphatic rings. The van der Waals surface area contributed by atoms with E-state index in [4.69, 9.17) is 12.2 Å². The van der Waals surface area contributed by atoms with Crippen LogP contribution in [0, 0.1) is 13.8 Å². The van der Waals surface area contributed by atoms with Crippen molar-refractivity contribution in [3.05, 3.63) is 29.3 Å². The fourth-order valence-electron chi connectivity index (χ4n) is 1.77. The molecule has 1 saturated heterocycles. The van der Waals surface area contributed by atoms with Crippen molar-refractivity contribution in [2.75, 3.05) is 16.8 Å². The fourth-order valence-corrected chi connectivity index (χ4v) is 2.90. The van der Waals surface area contributed by atoms with E-state index in [0.29, 0.717) is 5.11 Å². The van der Waals surface area contributed by atoms with Crippen LogP contribution in [0.4, 0.5) is 5.69 Å². The van der Waals surface area contributed by atoms with Crippen molar-refractivity contribution in [3.63, 3.8) is 0 Å². The molecular formula is C13H17N3S2. The van der Waals surface area contributed by atoms with Crippen molar-refractivity contribution in [1.82, 2.24) is 5.43 Å². The van der Waals surface area contributed by atoms with Crippen LogP contribution in [0.2, 0.25) is 0 Å². The zero-order valence-electron chi connectivity index (χ0n) is 10.6. The maximum absolute atomic E-state index is 5.23. The Hall–Kier alpha value is -1.07. The molecule has 1 fully saturated rings. The third-order valence-corrected chi connectivity index (χ3v) is 3.97. The minimum atomic E-state index is 0.548. The number of hydrogen-bond acceptors (Lipinski definition) is 3. The molecule has 1 heterocycles. The van der Waals surface area contributed by atoms with Gasteiger partial charge in [-0.3, -0.25) is 5.43 Å². The third kappa shape index (κ3) is 3.71. The van der Waals surface area contributed by atoms with Gasteiger partial charge in [0.15, 0.2) is 5.11 Å². The second-order valence-electron chi connectivity index (χ2n) is 4.36. The zero-order valence-corrected chi connectivity index (χ0v) is 12.3. The third-order valence-electron chi connectivity index (χ3n) is 2.75. The first-order valence-electron chi connectivity index (χ1n) is 5.92. The average molecular weight is 279 g/mol. The van der Waals surface area contributed by atoms with Gasteiger partial charge < -0.3 is 5.32 Å². The van der Waals surface area contributed by atoms with Crippen molar-refractivity contribution < 1.29 is 0 Å². The van der Waals surface area contributed by atoms with Gasteiger partial charge in [-0.15, -0.1) is 0 Å². The van der Waals surface area contributed by atoms with Crippen LogP contribution in [0.5, 0.6) is 0 Å². The van der Waals surface area contributed by atoms with Crippen molar-refractivity contribution in [3.8, 4) is 0 Å². The van der Waals surface area contributed by atoms with Gasteiger partial charge in [-0.05, 0) is 49.9 Å². The van der Waals surface area contributed by atoms with E-state index in [2.05, 4.69) is 41.8 Å². The van der Waals surface area contributed by atoms with Crippen LogP contribution in [0.3, 0.4) is 0 Å². The molecule has 0 unspecified atom stereocenters. The Morgan fingerprint density at radius 1 is 1.39 bits per heavy atom. The molecule has 0 spiro atoms. The minimum Gasteiger partial charge on any atom is -0.331 e. The number of thioether (sulfide) groups is 1. The van der Waals surface area contributed by atoms with E-state index in [9.17, 15) is 0 Å². The molecule has 1 aliphatic heterocycles. The summed E-state index contributed by atoms with van der Waals surface area (Å²) in [6.07, 6.45) is 1.06. The van der Waals surface area contributed by atoms with E-state index in [1.807, 2.05) is 17.8 Å². The molecule has 2 rings (SSSR count). The predicted octanol–water partition coefficient (Wildman–Crippen LogP) is 3.08. The van der Waals surface area contributed by atoms with E-state index >= 15 is 0 Å². The van der Waals surface area contributed by atoms with Gasteiger partial charge in [0.25, 0.3) is 0 Å². The number of thiocarbonyl (C=S) groups is 1. The lowest BCUT2D eigenvalue weighted by Crippen LogP contribution is -2.25. The van der Waals surface area contributed by atoms with Gasteiger partial charge in [-0.25, -0.2) is 0 Å². The Kier molecular flexibility index (Phi) is 4.60. The van der Waals surface area contributed by atoms with Gasteiger partial charge in [0.2, 0.25) is 0 Å². The van der Waals surface area contributed by atoms with Crippen molar-refractivity contribution in [2.45, 2.75) is 20.3 Å². The van der Waals surface area contributed by atoms with Crippen LogP contribution in [0.25, 0.3) is 0 Å². The molecule has 0 amide bonds. The normalized spacial score (nSPS) is 16.9. The maximum atomic E-state index is 5.23. The average Bonchev–Trinajstić information content (AvgIpc) is 2.83. The number of nitrogens with zero attached hydrogens (tertiary/aromatic N) is 1. The van der Waals surface area contributed by atoms with Gasteiger partial charge in [-0.2, -0.15) is 16.9 Å². The Morgan fingerprint density at radius 3 is 2.89 bits per heavy atom. The number of benzene rings is 1. The number of anilines is 1. The van der Waals surface area contributed by atoms with Gasteiger partial charge in [0.05, 0.1) is 0 Å². The Balaban J connectivity index is 1.92. The monoisotopic (exact) mass is 279 g/mol. The molecule has 0 atom stereocenters. The number of nitrogens with one attached hydrogen (secondary N) is 2. The first-order valence-corrected chi connectivity index (χ1v) is 7.49. The van der Waals surface area contributed by atoms with E-state index in [1.165, 1.54) is 16.8 Å². The van der Waals surface area contributed by atoms with E-state index < -0.39 is 0 Å². The highest BCUT2D eigenvalue weighted by Crippen LogP contribution is 2.16. The SMILES string of the molecule is Cc1ccc(NC(=S)N/N=C2\CCSC2)c(C)c1. The Bertz CT molecular complexity index is 475. The lowest BCUT2D eigenvalue weighted by Gasteiger charge is -2.10. The first kappa shape index (κ1) is 13.4. The molecular weight excluding hydrogens is 262 g/mol. The molecule has 1 aromatic carbocycles. The molecule has 2 N–H and O–H groups in total. The molecule has 0 bridgehead atoms. The van der Waals surface area contributed by atoms with E-state index in [-0.39, 0.29) is 0 Å². The second-order valence-corrected chi connectivity index (χ2v) is 5.88. The van der Waals surface area contributed by atoms with Crippen molar-refractivity contribution >= 4 is 40.5 Å². The van der Waals surface area contributed by atoms with Crippen LogP contribution < -0.4 is 10.7 Å². The minimum absolute atomic E-state index is 0.548. The Morgan fingerprint density at radius 2 is 2.22 bits per heavy atom. The lowest BCUT2D eigenvalue weighted by atomic mass is 10.1. The highest BCUT2D eigenvalue weighted by molar-refractivity contribution is 8.00. The molecule has 18 heavy (non-hydrogen) atoms. The van der Waals surface area contributed by atoms with Crippen LogP contribution in [-0.4, -0.2) is 22.3 Å². The summed E-state index contributed by atoms with van der Waals surface area (Å²) in [5.74, 6) is 2.18. The van der Waals surface area contributed by atoms with Gasteiger partial charge in [0.1, 0.15) is 0 Å². The van der Waals surface area contributed by atoms with Gasteiger partial charge >= 0.3 is 0 Å². The highest BCUT2D eigenvalue weighted by atomic mass is 32.2. The number of hydrazone groups is 1. The smallest absolute Gasteiger partial charge is 0.191 e. The van der Waals surface area contributed by atoms with Crippen LogP contribution in [0.15, 0.2) is 23.3 Å². The molecule has 1 aromatic rings. The fraction of sp³-hybridized carbons (Fsp3) is 0.385. The van der Waals surface area contributed by atoms with Crippen molar-refractivity contribution in [2.24, 2.45) is 5.10 Å². The summed E-state index contributed by atoms with van der Waals surface area (Å²) in [6, 6.07) is 6.24. The number of hydrogen-bond donors (Lipinski definition) is 2. The lowest BCUT2D eigenvalue weighted by molar-refractivity contribution is 1.02. The van der Waals surface area contributed by atoms with Crippen molar-refractivity contribution in [1.29, 1.82) is 0 Å². The molecule has 96 valence electrons. The summed E-state index contributed by atoms with van der Waals surface area (Å²) in [5, 5.41) is 8.02. The molecule has 3 nitrogen and oxygen atoms in total. The predicted molar refractivity (Wildman–Crippen MR) is 84.6 cm³/mol. The van der Waals surface area contributed by atoms with Gasteiger partial charge in [0, 0.05) is 17.2 Å². The molecule has 0 radical (unpaired) electrons. The molecule has 5 heteroatoms. The summed E-state index contributed by atoms with van der Waals surface area (Å²) in [4.78, 5) is 0. The number of rotatable bonds is 2. The summed E-state index contributed by atoms with van der Waals surface area (Å²) >= 11 is 7.13. The summed E-state index contributed by atoms with van der Waals surface area (Å²) in [6.45, 7) is 4.15. The largest absolute Gasteiger partial charge is 0.331 e. The highest BCUT2D eigenvalue weighted by Gasteiger charge is 2.08. The van der Waals surface area contributed by atoms with Gasteiger partial charge in [-0.1, -0.05) is 17.7 Å². The number of aryl methyl sites for hydroxylation is 2. The standard InChI is InChI=1S/C13H17N3S2/c1-9-3-4-12(10(2)7-9)14-13(17)16-15-11-5-6-18-8-11/h3-4,7H,5-6,8H2,1-2H3,(H2,14,16,17)/b15-11+. The zero-order chi connectivity index (χ0) is 13.0. The molecule has 0 saturated carbocycles. The first-order chi connectivity index (χ1) is 8.65. The topological polar surface area (TPSA) is 36.4 Å². The molecule has 0 aromatic heterocycles. The maximum Gasteiger partial charge on any atom is 0.191 e. The summed E-state index contributed by atoms with van der Waals surface area (Å²) in [5.41, 5.74) is 7.56. The van der Waals surface area contributed by atoms with E-state index in [1.54, 1.807) is 0 Å². The Labute approximate surface area is 117 Å². The quantitative estimate of drug-likeness (QED) is 0.644. The summed E-state index contributed by atoms with van der Waals surface area (Å²) in [7, 11) is 0. The van der Waals surface area contributed by atoms with Crippen LogP contribution >= 0.6 is 24.0 Å². The second kappa shape index (κ2) is 6.20.